The van der Waals surface area contributed by atoms with Gasteiger partial charge in [0.15, 0.2) is 11.6 Å². The second kappa shape index (κ2) is 6.87. The summed E-state index contributed by atoms with van der Waals surface area (Å²) in [6, 6.07) is 4.97. The van der Waals surface area contributed by atoms with Crippen molar-refractivity contribution in [1.29, 1.82) is 0 Å². The molecule has 3 nitrogen and oxygen atoms in total. The predicted molar refractivity (Wildman–Crippen MR) is 74.8 cm³/mol. The van der Waals surface area contributed by atoms with Crippen LogP contribution in [-0.2, 0) is 0 Å². The third kappa shape index (κ3) is 3.45. The number of hydrogen-bond acceptors (Lipinski definition) is 3. The molecule has 0 amide bonds. The molecule has 4 heteroatoms. The maximum absolute atomic E-state index is 13.5. The Morgan fingerprint density at radius 1 is 1.37 bits per heavy atom. The number of halogens is 1. The van der Waals surface area contributed by atoms with Crippen LogP contribution in [0.2, 0.25) is 0 Å². The zero-order chi connectivity index (χ0) is 13.7. The number of phenols is 1. The van der Waals surface area contributed by atoms with Crippen molar-refractivity contribution in [3.8, 4) is 5.75 Å². The molecular formula is C15H23FN2O. The quantitative estimate of drug-likeness (QED) is 0.860. The molecule has 1 saturated heterocycles. The summed E-state index contributed by atoms with van der Waals surface area (Å²) in [5.74, 6) is -0.698. The smallest absolute Gasteiger partial charge is 0.165 e. The molecule has 1 aromatic carbocycles. The van der Waals surface area contributed by atoms with E-state index in [0.29, 0.717) is 0 Å². The molecule has 0 saturated carbocycles. The summed E-state index contributed by atoms with van der Waals surface area (Å²) in [4.78, 5) is 2.35. The van der Waals surface area contributed by atoms with Crippen LogP contribution < -0.4 is 5.32 Å². The van der Waals surface area contributed by atoms with Crippen LogP contribution in [0.1, 0.15) is 37.8 Å². The standard InChI is InChI=1S/C15H23FN2O/c1-2-3-7-14(18-10-8-17-9-11-18)12-5-4-6-13(16)15(12)19/h4-6,14,17,19H,2-3,7-11H2,1H3/t14-/m0/s1. The van der Waals surface area contributed by atoms with Crippen LogP contribution in [0.5, 0.6) is 5.75 Å². The van der Waals surface area contributed by atoms with Crippen molar-refractivity contribution < 1.29 is 9.50 Å². The Bertz CT molecular complexity index is 405. The van der Waals surface area contributed by atoms with Crippen molar-refractivity contribution in [2.24, 2.45) is 0 Å². The summed E-state index contributed by atoms with van der Waals surface area (Å²) in [5.41, 5.74) is 0.732. The van der Waals surface area contributed by atoms with Gasteiger partial charge in [0.25, 0.3) is 0 Å². The molecular weight excluding hydrogens is 243 g/mol. The van der Waals surface area contributed by atoms with E-state index in [1.54, 1.807) is 6.07 Å². The second-order valence-electron chi connectivity index (χ2n) is 5.12. The Morgan fingerprint density at radius 3 is 2.79 bits per heavy atom. The fraction of sp³-hybridized carbons (Fsp3) is 0.600. The highest BCUT2D eigenvalue weighted by atomic mass is 19.1. The van der Waals surface area contributed by atoms with E-state index in [2.05, 4.69) is 17.1 Å². The summed E-state index contributed by atoms with van der Waals surface area (Å²) in [5, 5.41) is 13.3. The number of aromatic hydroxyl groups is 1. The van der Waals surface area contributed by atoms with Gasteiger partial charge in [-0.2, -0.15) is 0 Å². The van der Waals surface area contributed by atoms with Crippen molar-refractivity contribution in [1.82, 2.24) is 10.2 Å². The number of hydrogen-bond donors (Lipinski definition) is 2. The van der Waals surface area contributed by atoms with Crippen LogP contribution >= 0.6 is 0 Å². The first-order valence-corrected chi connectivity index (χ1v) is 7.16. The molecule has 1 atom stereocenters. The van der Waals surface area contributed by atoms with Crippen molar-refractivity contribution in [3.63, 3.8) is 0 Å². The van der Waals surface area contributed by atoms with Crippen LogP contribution in [0.25, 0.3) is 0 Å². The number of rotatable bonds is 5. The molecule has 0 radical (unpaired) electrons. The first-order valence-electron chi connectivity index (χ1n) is 7.16. The van der Waals surface area contributed by atoms with Crippen LogP contribution in [0, 0.1) is 5.82 Å². The number of benzene rings is 1. The summed E-state index contributed by atoms with van der Waals surface area (Å²) in [6.45, 7) is 5.96. The number of piperazine rings is 1. The molecule has 1 aliphatic heterocycles. The molecule has 1 fully saturated rings. The number of nitrogens with zero attached hydrogens (tertiary/aromatic N) is 1. The minimum Gasteiger partial charge on any atom is -0.505 e. The fourth-order valence-corrected chi connectivity index (χ4v) is 2.73. The number of para-hydroxylation sites is 1. The monoisotopic (exact) mass is 266 g/mol. The van der Waals surface area contributed by atoms with Crippen LogP contribution in [0.4, 0.5) is 4.39 Å². The van der Waals surface area contributed by atoms with E-state index in [1.165, 1.54) is 6.07 Å². The van der Waals surface area contributed by atoms with Gasteiger partial charge < -0.3 is 10.4 Å². The molecule has 0 aromatic heterocycles. The number of phenolic OH excluding ortho intramolecular Hbond substituents is 1. The molecule has 106 valence electrons. The molecule has 0 aliphatic carbocycles. The first kappa shape index (κ1) is 14.3. The Morgan fingerprint density at radius 2 is 2.11 bits per heavy atom. The molecule has 0 unspecified atom stereocenters. The van der Waals surface area contributed by atoms with Gasteiger partial charge in [-0.05, 0) is 12.5 Å². The third-order valence-corrected chi connectivity index (χ3v) is 3.80. The fourth-order valence-electron chi connectivity index (χ4n) is 2.73. The molecule has 2 N–H and O–H groups in total. The predicted octanol–water partition coefficient (Wildman–Crippen LogP) is 2.67. The Labute approximate surface area is 114 Å². The second-order valence-corrected chi connectivity index (χ2v) is 5.12. The molecule has 1 aliphatic rings. The van der Waals surface area contributed by atoms with Crippen LogP contribution in [-0.4, -0.2) is 36.2 Å². The van der Waals surface area contributed by atoms with Gasteiger partial charge in [0, 0.05) is 37.8 Å². The van der Waals surface area contributed by atoms with Crippen LogP contribution in [0.3, 0.4) is 0 Å². The minimum absolute atomic E-state index is 0.123. The van der Waals surface area contributed by atoms with Gasteiger partial charge >= 0.3 is 0 Å². The lowest BCUT2D eigenvalue weighted by atomic mass is 9.97. The topological polar surface area (TPSA) is 35.5 Å². The van der Waals surface area contributed by atoms with Crippen molar-refractivity contribution in [3.05, 3.63) is 29.6 Å². The average molecular weight is 266 g/mol. The third-order valence-electron chi connectivity index (χ3n) is 3.80. The lowest BCUT2D eigenvalue weighted by Gasteiger charge is -2.35. The Kier molecular flexibility index (Phi) is 5.16. The lowest BCUT2D eigenvalue weighted by Crippen LogP contribution is -2.45. The summed E-state index contributed by atoms with van der Waals surface area (Å²) >= 11 is 0. The highest BCUT2D eigenvalue weighted by molar-refractivity contribution is 5.36. The van der Waals surface area contributed by atoms with Crippen molar-refractivity contribution in [2.45, 2.75) is 32.2 Å². The molecule has 1 heterocycles. The van der Waals surface area contributed by atoms with Crippen LogP contribution in [0.15, 0.2) is 18.2 Å². The molecule has 2 rings (SSSR count). The van der Waals surface area contributed by atoms with Gasteiger partial charge in [-0.25, -0.2) is 4.39 Å². The largest absolute Gasteiger partial charge is 0.505 e. The molecule has 1 aromatic rings. The number of unbranched alkanes of at least 4 members (excludes halogenated alkanes) is 1. The maximum Gasteiger partial charge on any atom is 0.165 e. The van der Waals surface area contributed by atoms with Crippen molar-refractivity contribution >= 4 is 0 Å². The molecule has 0 bridgehead atoms. The van der Waals surface area contributed by atoms with E-state index in [9.17, 15) is 9.50 Å². The van der Waals surface area contributed by atoms with Gasteiger partial charge in [0.05, 0.1) is 0 Å². The summed E-state index contributed by atoms with van der Waals surface area (Å²) < 4.78 is 13.5. The van der Waals surface area contributed by atoms with E-state index in [-0.39, 0.29) is 11.8 Å². The van der Waals surface area contributed by atoms with E-state index in [4.69, 9.17) is 0 Å². The van der Waals surface area contributed by atoms with E-state index < -0.39 is 5.82 Å². The first-order chi connectivity index (χ1) is 9.24. The zero-order valence-electron chi connectivity index (χ0n) is 11.5. The highest BCUT2D eigenvalue weighted by Crippen LogP contribution is 2.34. The van der Waals surface area contributed by atoms with E-state index in [0.717, 1.165) is 51.0 Å². The van der Waals surface area contributed by atoms with Gasteiger partial charge in [-0.3, -0.25) is 4.90 Å². The summed E-state index contributed by atoms with van der Waals surface area (Å²) in [6.07, 6.45) is 3.16. The van der Waals surface area contributed by atoms with Gasteiger partial charge in [-0.15, -0.1) is 0 Å². The van der Waals surface area contributed by atoms with Crippen molar-refractivity contribution in [2.75, 3.05) is 26.2 Å². The number of nitrogens with one attached hydrogen (secondary N) is 1. The van der Waals surface area contributed by atoms with Gasteiger partial charge in [0.2, 0.25) is 0 Å². The normalized spacial score (nSPS) is 18.4. The maximum atomic E-state index is 13.5. The molecule has 19 heavy (non-hydrogen) atoms. The summed E-state index contributed by atoms with van der Waals surface area (Å²) in [7, 11) is 0. The van der Waals surface area contributed by atoms with Gasteiger partial charge in [0.1, 0.15) is 0 Å². The van der Waals surface area contributed by atoms with E-state index >= 15 is 0 Å². The Balaban J connectivity index is 2.22. The zero-order valence-corrected chi connectivity index (χ0v) is 11.5. The van der Waals surface area contributed by atoms with E-state index in [1.807, 2.05) is 6.07 Å². The SMILES string of the molecule is CCCC[C@@H](c1cccc(F)c1O)N1CCNCC1. The Hall–Kier alpha value is -1.13. The average Bonchev–Trinajstić information content (AvgIpc) is 2.45. The lowest BCUT2D eigenvalue weighted by molar-refractivity contribution is 0.160. The van der Waals surface area contributed by atoms with Gasteiger partial charge in [-0.1, -0.05) is 31.9 Å². The minimum atomic E-state index is -0.519. The highest BCUT2D eigenvalue weighted by Gasteiger charge is 2.24. The molecule has 0 spiro atoms.